The van der Waals surface area contributed by atoms with Crippen molar-refractivity contribution in [1.82, 2.24) is 9.97 Å². The van der Waals surface area contributed by atoms with Crippen molar-refractivity contribution >= 4 is 29.2 Å². The summed E-state index contributed by atoms with van der Waals surface area (Å²) in [6.07, 6.45) is 1.19. The molecule has 0 amide bonds. The molecular formula is C15H12Cl2N2O3. The SMILES string of the molecule is COC(=O)C1(Oc2cc(-c3ccc(Cl)cc3)nc(Cl)n2)CC1. The molecule has 5 nitrogen and oxygen atoms in total. The minimum absolute atomic E-state index is 0.0446. The van der Waals surface area contributed by atoms with E-state index in [1.165, 1.54) is 7.11 Å². The zero-order chi connectivity index (χ0) is 15.7. The third kappa shape index (κ3) is 3.00. The second kappa shape index (κ2) is 5.74. The summed E-state index contributed by atoms with van der Waals surface area (Å²) in [6, 6.07) is 8.78. The fourth-order valence-electron chi connectivity index (χ4n) is 2.07. The Kier molecular flexibility index (Phi) is 3.93. The van der Waals surface area contributed by atoms with E-state index in [0.29, 0.717) is 23.6 Å². The first-order chi connectivity index (χ1) is 10.5. The summed E-state index contributed by atoms with van der Waals surface area (Å²) in [5.41, 5.74) is 0.470. The molecule has 3 rings (SSSR count). The van der Waals surface area contributed by atoms with Crippen LogP contribution in [-0.2, 0) is 9.53 Å². The van der Waals surface area contributed by atoms with E-state index in [0.717, 1.165) is 5.56 Å². The zero-order valence-electron chi connectivity index (χ0n) is 11.7. The van der Waals surface area contributed by atoms with Crippen LogP contribution in [0.15, 0.2) is 30.3 Å². The van der Waals surface area contributed by atoms with Crippen LogP contribution in [0.5, 0.6) is 5.88 Å². The van der Waals surface area contributed by atoms with Gasteiger partial charge in [-0.1, -0.05) is 23.7 Å². The van der Waals surface area contributed by atoms with Gasteiger partial charge in [0.2, 0.25) is 16.8 Å². The van der Waals surface area contributed by atoms with E-state index in [9.17, 15) is 4.79 Å². The van der Waals surface area contributed by atoms with Gasteiger partial charge in [-0.05, 0) is 23.7 Å². The van der Waals surface area contributed by atoms with Crippen LogP contribution in [0, 0.1) is 0 Å². The molecule has 7 heteroatoms. The Morgan fingerprint density at radius 3 is 2.45 bits per heavy atom. The van der Waals surface area contributed by atoms with Gasteiger partial charge in [0, 0.05) is 29.5 Å². The molecule has 22 heavy (non-hydrogen) atoms. The zero-order valence-corrected chi connectivity index (χ0v) is 13.2. The molecule has 0 saturated heterocycles. The number of hydrogen-bond acceptors (Lipinski definition) is 5. The van der Waals surface area contributed by atoms with Crippen molar-refractivity contribution in [3.8, 4) is 17.1 Å². The fourth-order valence-corrected chi connectivity index (χ4v) is 2.37. The van der Waals surface area contributed by atoms with E-state index in [2.05, 4.69) is 9.97 Å². The molecule has 1 fully saturated rings. The smallest absolute Gasteiger partial charge is 0.350 e. The van der Waals surface area contributed by atoms with Gasteiger partial charge in [0.25, 0.3) is 0 Å². The lowest BCUT2D eigenvalue weighted by Crippen LogP contribution is -2.31. The summed E-state index contributed by atoms with van der Waals surface area (Å²) in [7, 11) is 1.33. The average Bonchev–Trinajstić information content (AvgIpc) is 3.27. The maximum atomic E-state index is 11.7. The molecule has 0 spiro atoms. The third-order valence-electron chi connectivity index (χ3n) is 3.38. The molecule has 1 heterocycles. The number of nitrogens with zero attached hydrogens (tertiary/aromatic N) is 2. The molecule has 1 aromatic heterocycles. The molecule has 1 aliphatic carbocycles. The van der Waals surface area contributed by atoms with Gasteiger partial charge in [0.1, 0.15) is 0 Å². The number of halogens is 2. The summed E-state index contributed by atoms with van der Waals surface area (Å²) in [4.78, 5) is 19.9. The van der Waals surface area contributed by atoms with Crippen LogP contribution in [0.3, 0.4) is 0 Å². The molecule has 0 aliphatic heterocycles. The second-order valence-electron chi connectivity index (χ2n) is 4.96. The number of benzene rings is 1. The predicted octanol–water partition coefficient (Wildman–Crippen LogP) is 3.53. The minimum Gasteiger partial charge on any atom is -0.466 e. The van der Waals surface area contributed by atoms with Crippen LogP contribution in [0.1, 0.15) is 12.8 Å². The summed E-state index contributed by atoms with van der Waals surface area (Å²) in [5, 5.41) is 0.672. The third-order valence-corrected chi connectivity index (χ3v) is 3.80. The van der Waals surface area contributed by atoms with Crippen LogP contribution in [0.25, 0.3) is 11.3 Å². The Hall–Kier alpha value is -1.85. The van der Waals surface area contributed by atoms with Gasteiger partial charge in [-0.2, -0.15) is 4.98 Å². The van der Waals surface area contributed by atoms with E-state index in [1.807, 2.05) is 12.1 Å². The van der Waals surface area contributed by atoms with Gasteiger partial charge >= 0.3 is 5.97 Å². The van der Waals surface area contributed by atoms with Gasteiger partial charge < -0.3 is 9.47 Å². The number of esters is 1. The molecule has 1 aliphatic rings. The maximum absolute atomic E-state index is 11.7. The molecule has 0 atom stereocenters. The molecular weight excluding hydrogens is 327 g/mol. The van der Waals surface area contributed by atoms with E-state index in [4.69, 9.17) is 32.7 Å². The molecule has 0 radical (unpaired) electrons. The van der Waals surface area contributed by atoms with E-state index in [-0.39, 0.29) is 11.2 Å². The second-order valence-corrected chi connectivity index (χ2v) is 5.73. The van der Waals surface area contributed by atoms with Crippen LogP contribution in [0.4, 0.5) is 0 Å². The van der Waals surface area contributed by atoms with Gasteiger partial charge in [-0.25, -0.2) is 9.78 Å². The van der Waals surface area contributed by atoms with Crippen molar-refractivity contribution in [2.45, 2.75) is 18.4 Å². The normalized spacial score (nSPS) is 15.2. The highest BCUT2D eigenvalue weighted by molar-refractivity contribution is 6.30. The number of carbonyl (C=O) groups excluding carboxylic acids is 1. The predicted molar refractivity (Wildman–Crippen MR) is 82.1 cm³/mol. The van der Waals surface area contributed by atoms with Crippen LogP contribution in [-0.4, -0.2) is 28.6 Å². The van der Waals surface area contributed by atoms with E-state index < -0.39 is 11.6 Å². The Labute approximate surface area is 137 Å². The highest BCUT2D eigenvalue weighted by Crippen LogP contribution is 2.41. The standard InChI is InChI=1S/C15H12Cl2N2O3/c1-21-13(20)15(6-7-15)22-12-8-11(18-14(17)19-12)9-2-4-10(16)5-3-9/h2-5,8H,6-7H2,1H3. The summed E-state index contributed by atoms with van der Waals surface area (Å²) in [5.74, 6) is -0.164. The topological polar surface area (TPSA) is 61.3 Å². The Balaban J connectivity index is 1.90. The lowest BCUT2D eigenvalue weighted by atomic mass is 10.1. The first-order valence-corrected chi connectivity index (χ1v) is 7.36. The minimum atomic E-state index is -0.941. The number of rotatable bonds is 4. The summed E-state index contributed by atoms with van der Waals surface area (Å²) < 4.78 is 10.4. The Bertz CT molecular complexity index is 715. The number of hydrogen-bond donors (Lipinski definition) is 0. The quantitative estimate of drug-likeness (QED) is 0.630. The molecule has 0 N–H and O–H groups in total. The molecule has 114 valence electrons. The van der Waals surface area contributed by atoms with Gasteiger partial charge in [-0.15, -0.1) is 0 Å². The largest absolute Gasteiger partial charge is 0.466 e. The van der Waals surface area contributed by atoms with Crippen LogP contribution in [0.2, 0.25) is 10.3 Å². The van der Waals surface area contributed by atoms with Crippen molar-refractivity contribution in [2.24, 2.45) is 0 Å². The van der Waals surface area contributed by atoms with Crippen molar-refractivity contribution < 1.29 is 14.3 Å². The molecule has 0 bridgehead atoms. The fraction of sp³-hybridized carbons (Fsp3) is 0.267. The molecule has 1 saturated carbocycles. The van der Waals surface area contributed by atoms with Crippen LogP contribution < -0.4 is 4.74 Å². The molecule has 0 unspecified atom stereocenters. The highest BCUT2D eigenvalue weighted by atomic mass is 35.5. The van der Waals surface area contributed by atoms with Crippen molar-refractivity contribution in [3.63, 3.8) is 0 Å². The molecule has 2 aromatic rings. The summed E-state index contributed by atoms with van der Waals surface area (Å²) >= 11 is 11.8. The number of aromatic nitrogens is 2. The monoisotopic (exact) mass is 338 g/mol. The highest BCUT2D eigenvalue weighted by Gasteiger charge is 2.54. The first-order valence-electron chi connectivity index (χ1n) is 6.60. The average molecular weight is 339 g/mol. The Morgan fingerprint density at radius 2 is 1.86 bits per heavy atom. The number of carbonyl (C=O) groups is 1. The van der Waals surface area contributed by atoms with Gasteiger partial charge in [0.15, 0.2) is 0 Å². The molecule has 1 aromatic carbocycles. The van der Waals surface area contributed by atoms with E-state index >= 15 is 0 Å². The lowest BCUT2D eigenvalue weighted by Gasteiger charge is -2.15. The van der Waals surface area contributed by atoms with Crippen molar-refractivity contribution in [1.29, 1.82) is 0 Å². The number of ether oxygens (including phenoxy) is 2. The maximum Gasteiger partial charge on any atom is 0.350 e. The van der Waals surface area contributed by atoms with Crippen LogP contribution >= 0.6 is 23.2 Å². The Morgan fingerprint density at radius 1 is 1.18 bits per heavy atom. The van der Waals surface area contributed by atoms with Crippen molar-refractivity contribution in [3.05, 3.63) is 40.6 Å². The van der Waals surface area contributed by atoms with Gasteiger partial charge in [0.05, 0.1) is 12.8 Å². The summed E-state index contributed by atoms with van der Waals surface area (Å²) in [6.45, 7) is 0. The number of methoxy groups -OCH3 is 1. The van der Waals surface area contributed by atoms with E-state index in [1.54, 1.807) is 18.2 Å². The van der Waals surface area contributed by atoms with Crippen molar-refractivity contribution in [2.75, 3.05) is 7.11 Å². The first kappa shape index (κ1) is 15.1. The van der Waals surface area contributed by atoms with Gasteiger partial charge in [-0.3, -0.25) is 0 Å². The lowest BCUT2D eigenvalue weighted by molar-refractivity contribution is -0.151.